The lowest BCUT2D eigenvalue weighted by Gasteiger charge is -2.36. The molecule has 112 valence electrons. The monoisotopic (exact) mass is 318 g/mol. The van der Waals surface area contributed by atoms with Crippen molar-refractivity contribution >= 4 is 27.4 Å². The summed E-state index contributed by atoms with van der Waals surface area (Å²) in [6.07, 6.45) is 0.463. The highest BCUT2D eigenvalue weighted by atomic mass is 35.5. The van der Waals surface area contributed by atoms with Crippen molar-refractivity contribution < 1.29 is 13.0 Å². The molecule has 1 heterocycles. The van der Waals surface area contributed by atoms with Crippen molar-refractivity contribution in [3.8, 4) is 0 Å². The number of hydrogen-bond acceptors (Lipinski definition) is 4. The Morgan fingerprint density at radius 1 is 1.15 bits per heavy atom. The molecule has 0 saturated carbocycles. The first-order valence-electron chi connectivity index (χ1n) is 6.63. The zero-order valence-electron chi connectivity index (χ0n) is 11.2. The second-order valence-electron chi connectivity index (χ2n) is 4.92. The van der Waals surface area contributed by atoms with Crippen LogP contribution in [0.25, 0.3) is 0 Å². The molecule has 0 spiro atoms. The van der Waals surface area contributed by atoms with Gasteiger partial charge in [0.2, 0.25) is 0 Å². The summed E-state index contributed by atoms with van der Waals surface area (Å²) in [4.78, 5) is 4.44. The maximum atomic E-state index is 10.7. The van der Waals surface area contributed by atoms with Crippen LogP contribution in [0.2, 0.25) is 5.02 Å². The molecule has 7 heteroatoms. The van der Waals surface area contributed by atoms with Crippen LogP contribution in [0.3, 0.4) is 0 Å². The third-order valence-corrected chi connectivity index (χ3v) is 4.57. The van der Waals surface area contributed by atoms with Crippen molar-refractivity contribution in [2.24, 2.45) is 0 Å². The number of benzene rings is 1. The minimum absolute atomic E-state index is 0.169. The average Bonchev–Trinajstić information content (AvgIpc) is 2.39. The number of halogens is 1. The van der Waals surface area contributed by atoms with E-state index in [1.54, 1.807) is 0 Å². The minimum Gasteiger partial charge on any atom is -0.368 e. The molecule has 1 fully saturated rings. The van der Waals surface area contributed by atoms with Crippen molar-refractivity contribution in [1.29, 1.82) is 0 Å². The third-order valence-electron chi connectivity index (χ3n) is 3.44. The normalized spacial score (nSPS) is 17.4. The highest BCUT2D eigenvalue weighted by Gasteiger charge is 2.18. The first-order chi connectivity index (χ1) is 9.46. The van der Waals surface area contributed by atoms with Gasteiger partial charge in [-0.1, -0.05) is 23.7 Å². The second kappa shape index (κ2) is 6.76. The molecule has 1 aromatic carbocycles. The van der Waals surface area contributed by atoms with Crippen molar-refractivity contribution in [3.63, 3.8) is 0 Å². The highest BCUT2D eigenvalue weighted by molar-refractivity contribution is 7.85. The summed E-state index contributed by atoms with van der Waals surface area (Å²) in [5.74, 6) is -0.169. The smallest absolute Gasteiger partial charge is 0.264 e. The lowest BCUT2D eigenvalue weighted by atomic mass is 10.2. The van der Waals surface area contributed by atoms with Gasteiger partial charge >= 0.3 is 0 Å². The standard InChI is InChI=1S/C13H19ClN2O3S/c14-12-4-1-2-5-13(12)16-9-7-15(8-10-16)6-3-11-20(17,18)19/h1-2,4-5H,3,6-11H2,(H,17,18,19). The van der Waals surface area contributed by atoms with E-state index in [1.807, 2.05) is 24.3 Å². The maximum Gasteiger partial charge on any atom is 0.264 e. The summed E-state index contributed by atoms with van der Waals surface area (Å²) >= 11 is 6.18. The molecular weight excluding hydrogens is 300 g/mol. The van der Waals surface area contributed by atoms with Crippen molar-refractivity contribution in [2.75, 3.05) is 43.4 Å². The summed E-state index contributed by atoms with van der Waals surface area (Å²) < 4.78 is 30.0. The number of nitrogens with zero attached hydrogens (tertiary/aromatic N) is 2. The minimum atomic E-state index is -3.84. The van der Waals surface area contributed by atoms with Gasteiger partial charge in [0.25, 0.3) is 10.1 Å². The SMILES string of the molecule is O=S(=O)(O)CCCN1CCN(c2ccccc2Cl)CC1. The van der Waals surface area contributed by atoms with Crippen LogP contribution in [-0.2, 0) is 10.1 Å². The fourth-order valence-corrected chi connectivity index (χ4v) is 3.14. The average molecular weight is 319 g/mol. The van der Waals surface area contributed by atoms with Gasteiger partial charge in [-0.05, 0) is 25.1 Å². The summed E-state index contributed by atoms with van der Waals surface area (Å²) in [7, 11) is -3.84. The molecule has 20 heavy (non-hydrogen) atoms. The van der Waals surface area contributed by atoms with E-state index in [-0.39, 0.29) is 5.75 Å². The van der Waals surface area contributed by atoms with E-state index in [9.17, 15) is 8.42 Å². The lowest BCUT2D eigenvalue weighted by molar-refractivity contribution is 0.258. The number of piperazine rings is 1. The molecule has 0 aliphatic carbocycles. The number of para-hydroxylation sites is 1. The Morgan fingerprint density at radius 2 is 1.80 bits per heavy atom. The second-order valence-corrected chi connectivity index (χ2v) is 6.90. The van der Waals surface area contributed by atoms with Crippen LogP contribution in [0.1, 0.15) is 6.42 Å². The van der Waals surface area contributed by atoms with Gasteiger partial charge in [0.15, 0.2) is 0 Å². The summed E-state index contributed by atoms with van der Waals surface area (Å²) in [5.41, 5.74) is 1.05. The fraction of sp³-hybridized carbons (Fsp3) is 0.538. The van der Waals surface area contributed by atoms with E-state index in [2.05, 4.69) is 9.80 Å². The number of hydrogen-bond donors (Lipinski definition) is 1. The Labute approximate surface area is 124 Å². The summed E-state index contributed by atoms with van der Waals surface area (Å²) in [5, 5.41) is 0.757. The molecule has 1 aliphatic heterocycles. The van der Waals surface area contributed by atoms with E-state index in [4.69, 9.17) is 16.2 Å². The summed E-state index contributed by atoms with van der Waals surface area (Å²) in [6, 6.07) is 7.78. The molecule has 0 amide bonds. The molecule has 1 saturated heterocycles. The fourth-order valence-electron chi connectivity index (χ4n) is 2.39. The van der Waals surface area contributed by atoms with E-state index in [1.165, 1.54) is 0 Å². The Bertz CT molecular complexity index is 542. The van der Waals surface area contributed by atoms with E-state index < -0.39 is 10.1 Å². The first kappa shape index (κ1) is 15.6. The lowest BCUT2D eigenvalue weighted by Crippen LogP contribution is -2.46. The molecule has 5 nitrogen and oxygen atoms in total. The summed E-state index contributed by atoms with van der Waals surface area (Å²) in [6.45, 7) is 4.18. The van der Waals surface area contributed by atoms with Crippen LogP contribution in [0, 0.1) is 0 Å². The van der Waals surface area contributed by atoms with Gasteiger partial charge < -0.3 is 4.90 Å². The molecule has 2 rings (SSSR count). The molecule has 0 atom stereocenters. The van der Waals surface area contributed by atoms with E-state index in [0.29, 0.717) is 13.0 Å². The van der Waals surface area contributed by atoms with Gasteiger partial charge in [-0.2, -0.15) is 8.42 Å². The van der Waals surface area contributed by atoms with Crippen molar-refractivity contribution in [1.82, 2.24) is 4.90 Å². The Hall–Kier alpha value is -0.820. The maximum absolute atomic E-state index is 10.7. The number of anilines is 1. The molecule has 1 aromatic rings. The van der Waals surface area contributed by atoms with Crippen molar-refractivity contribution in [2.45, 2.75) is 6.42 Å². The highest BCUT2D eigenvalue weighted by Crippen LogP contribution is 2.25. The van der Waals surface area contributed by atoms with Crippen LogP contribution in [0.15, 0.2) is 24.3 Å². The van der Waals surface area contributed by atoms with E-state index in [0.717, 1.165) is 36.9 Å². The molecule has 1 aliphatic rings. The van der Waals surface area contributed by atoms with Gasteiger partial charge in [0.1, 0.15) is 0 Å². The molecule has 0 unspecified atom stereocenters. The predicted molar refractivity (Wildman–Crippen MR) is 81.1 cm³/mol. The van der Waals surface area contributed by atoms with Crippen LogP contribution in [0.5, 0.6) is 0 Å². The van der Waals surface area contributed by atoms with Crippen LogP contribution < -0.4 is 4.90 Å². The molecule has 0 radical (unpaired) electrons. The van der Waals surface area contributed by atoms with Crippen LogP contribution in [0.4, 0.5) is 5.69 Å². The Balaban J connectivity index is 1.80. The zero-order chi connectivity index (χ0) is 14.6. The zero-order valence-corrected chi connectivity index (χ0v) is 12.8. The van der Waals surface area contributed by atoms with Crippen LogP contribution in [-0.4, -0.2) is 56.3 Å². The molecular formula is C13H19ClN2O3S. The molecule has 0 bridgehead atoms. The predicted octanol–water partition coefficient (Wildman–Crippen LogP) is 1.74. The third kappa shape index (κ3) is 4.63. The van der Waals surface area contributed by atoms with Gasteiger partial charge in [-0.25, -0.2) is 0 Å². The molecule has 0 aromatic heterocycles. The van der Waals surface area contributed by atoms with Gasteiger partial charge in [-0.3, -0.25) is 9.45 Å². The van der Waals surface area contributed by atoms with Gasteiger partial charge in [0, 0.05) is 26.2 Å². The van der Waals surface area contributed by atoms with Gasteiger partial charge in [-0.15, -0.1) is 0 Å². The van der Waals surface area contributed by atoms with Gasteiger partial charge in [0.05, 0.1) is 16.5 Å². The van der Waals surface area contributed by atoms with Crippen LogP contribution >= 0.6 is 11.6 Å². The van der Waals surface area contributed by atoms with Crippen molar-refractivity contribution in [3.05, 3.63) is 29.3 Å². The number of rotatable bonds is 5. The Morgan fingerprint density at radius 3 is 2.40 bits per heavy atom. The molecule has 1 N–H and O–H groups in total. The topological polar surface area (TPSA) is 60.9 Å². The van der Waals surface area contributed by atoms with E-state index >= 15 is 0 Å². The quantitative estimate of drug-likeness (QED) is 0.838. The first-order valence-corrected chi connectivity index (χ1v) is 8.61. The Kier molecular flexibility index (Phi) is 5.26. The largest absolute Gasteiger partial charge is 0.368 e.